The zero-order valence-electron chi connectivity index (χ0n) is 7.62. The molecular weight excluding hydrogens is 170 g/mol. The second-order valence-electron chi connectivity index (χ2n) is 3.94. The fourth-order valence-electron chi connectivity index (χ4n) is 2.03. The van der Waals surface area contributed by atoms with E-state index >= 15 is 0 Å². The monoisotopic (exact) mass is 183 g/mol. The number of carbonyl (C=O) groups excluding carboxylic acids is 1. The summed E-state index contributed by atoms with van der Waals surface area (Å²) in [4.78, 5) is 11.2. The maximum absolute atomic E-state index is 11.2. The van der Waals surface area contributed by atoms with Gasteiger partial charge >= 0.3 is 6.09 Å². The summed E-state index contributed by atoms with van der Waals surface area (Å²) >= 11 is 0. The summed E-state index contributed by atoms with van der Waals surface area (Å²) in [7, 11) is 0. The van der Waals surface area contributed by atoms with E-state index in [-0.39, 0.29) is 6.10 Å². The first-order valence-corrected chi connectivity index (χ1v) is 4.42. The molecule has 0 spiro atoms. The van der Waals surface area contributed by atoms with Gasteiger partial charge in [0.25, 0.3) is 0 Å². The first-order chi connectivity index (χ1) is 6.04. The Hall–Kier alpha value is -1.03. The number of amides is 1. The molecule has 4 heteroatoms. The van der Waals surface area contributed by atoms with Crippen LogP contribution < -0.4 is 0 Å². The van der Waals surface area contributed by atoms with Gasteiger partial charge in [-0.25, -0.2) is 4.79 Å². The van der Waals surface area contributed by atoms with Gasteiger partial charge < -0.3 is 4.74 Å². The van der Waals surface area contributed by atoms with Crippen LogP contribution in [0.4, 0.5) is 4.79 Å². The summed E-state index contributed by atoms with van der Waals surface area (Å²) in [6, 6.07) is 0. The summed E-state index contributed by atoms with van der Waals surface area (Å²) in [6.07, 6.45) is 1.58. The highest BCUT2D eigenvalue weighted by Crippen LogP contribution is 2.40. The van der Waals surface area contributed by atoms with Gasteiger partial charge in [-0.15, -0.1) is 0 Å². The lowest BCUT2D eigenvalue weighted by Gasteiger charge is -2.47. The zero-order valence-corrected chi connectivity index (χ0v) is 7.62. The molecule has 0 aromatic carbocycles. The standard InChI is InChI=1S/C9H13NO3/c1-6-3-4-7-5-9(6,2)10(12)8(11)13-7/h7,12H,1,3-5H2,2H3. The Morgan fingerprint density at radius 2 is 2.46 bits per heavy atom. The minimum absolute atomic E-state index is 0.0496. The molecule has 2 bridgehead atoms. The maximum Gasteiger partial charge on any atom is 0.434 e. The van der Waals surface area contributed by atoms with E-state index in [4.69, 9.17) is 4.74 Å². The van der Waals surface area contributed by atoms with Gasteiger partial charge in [0.05, 0.1) is 5.54 Å². The maximum atomic E-state index is 11.2. The molecule has 1 saturated carbocycles. The van der Waals surface area contributed by atoms with Crippen molar-refractivity contribution in [2.24, 2.45) is 0 Å². The molecule has 0 aromatic heterocycles. The van der Waals surface area contributed by atoms with Gasteiger partial charge in [-0.3, -0.25) is 5.21 Å². The molecule has 1 heterocycles. The molecule has 2 atom stereocenters. The molecule has 13 heavy (non-hydrogen) atoms. The molecule has 1 aliphatic carbocycles. The molecular formula is C9H13NO3. The Morgan fingerprint density at radius 3 is 3.15 bits per heavy atom. The molecule has 0 aromatic rings. The van der Waals surface area contributed by atoms with E-state index in [1.807, 2.05) is 6.92 Å². The largest absolute Gasteiger partial charge is 0.444 e. The van der Waals surface area contributed by atoms with E-state index in [2.05, 4.69) is 6.58 Å². The molecule has 2 fully saturated rings. The topological polar surface area (TPSA) is 49.8 Å². The normalized spacial score (nSPS) is 38.9. The smallest absolute Gasteiger partial charge is 0.434 e. The minimum atomic E-state index is -0.653. The highest BCUT2D eigenvalue weighted by molar-refractivity contribution is 5.69. The van der Waals surface area contributed by atoms with E-state index in [0.717, 1.165) is 18.4 Å². The first kappa shape index (κ1) is 8.56. The highest BCUT2D eigenvalue weighted by Gasteiger charge is 2.48. The summed E-state index contributed by atoms with van der Waals surface area (Å²) in [5, 5.41) is 10.2. The SMILES string of the molecule is C=C1CCC2CC1(C)N(O)C(=O)O2. The van der Waals surface area contributed by atoms with E-state index in [9.17, 15) is 10.0 Å². The Kier molecular flexibility index (Phi) is 1.63. The van der Waals surface area contributed by atoms with Crippen LogP contribution in [0.5, 0.6) is 0 Å². The van der Waals surface area contributed by atoms with Gasteiger partial charge in [0.2, 0.25) is 0 Å². The van der Waals surface area contributed by atoms with Crippen molar-refractivity contribution in [2.45, 2.75) is 37.8 Å². The Morgan fingerprint density at radius 1 is 1.77 bits per heavy atom. The number of fused-ring (bicyclic) bond motifs is 2. The van der Waals surface area contributed by atoms with E-state index in [1.165, 1.54) is 0 Å². The average Bonchev–Trinajstić information content (AvgIpc) is 2.08. The van der Waals surface area contributed by atoms with Crippen molar-refractivity contribution >= 4 is 6.09 Å². The third-order valence-electron chi connectivity index (χ3n) is 3.06. The number of hydroxylamine groups is 2. The van der Waals surface area contributed by atoms with Crippen LogP contribution in [-0.4, -0.2) is 28.0 Å². The van der Waals surface area contributed by atoms with Gasteiger partial charge in [0.1, 0.15) is 6.10 Å². The van der Waals surface area contributed by atoms with Crippen molar-refractivity contribution in [3.8, 4) is 0 Å². The molecule has 1 N–H and O–H groups in total. The van der Waals surface area contributed by atoms with Crippen molar-refractivity contribution in [3.63, 3.8) is 0 Å². The number of ether oxygens (including phenoxy) is 1. The van der Waals surface area contributed by atoms with Crippen molar-refractivity contribution in [3.05, 3.63) is 12.2 Å². The third-order valence-corrected chi connectivity index (χ3v) is 3.06. The molecule has 2 unspecified atom stereocenters. The van der Waals surface area contributed by atoms with Crippen LogP contribution in [0.25, 0.3) is 0 Å². The Bertz CT molecular complexity index is 276. The van der Waals surface area contributed by atoms with Gasteiger partial charge in [-0.05, 0) is 25.3 Å². The van der Waals surface area contributed by atoms with Crippen molar-refractivity contribution in [1.29, 1.82) is 0 Å². The molecule has 1 amide bonds. The predicted molar refractivity (Wildman–Crippen MR) is 45.3 cm³/mol. The highest BCUT2D eigenvalue weighted by atomic mass is 16.6. The van der Waals surface area contributed by atoms with Crippen LogP contribution in [0.2, 0.25) is 0 Å². The quantitative estimate of drug-likeness (QED) is 0.459. The zero-order chi connectivity index (χ0) is 9.64. The number of rotatable bonds is 0. The van der Waals surface area contributed by atoms with Crippen LogP contribution >= 0.6 is 0 Å². The average molecular weight is 183 g/mol. The van der Waals surface area contributed by atoms with E-state index < -0.39 is 11.6 Å². The van der Waals surface area contributed by atoms with Gasteiger partial charge in [-0.1, -0.05) is 6.58 Å². The van der Waals surface area contributed by atoms with Crippen LogP contribution in [0.15, 0.2) is 12.2 Å². The van der Waals surface area contributed by atoms with Crippen LogP contribution in [0, 0.1) is 0 Å². The van der Waals surface area contributed by atoms with E-state index in [0.29, 0.717) is 11.5 Å². The number of hydrogen-bond donors (Lipinski definition) is 1. The van der Waals surface area contributed by atoms with Gasteiger partial charge in [0.15, 0.2) is 0 Å². The van der Waals surface area contributed by atoms with Crippen LogP contribution in [-0.2, 0) is 4.74 Å². The number of carbonyl (C=O) groups is 1. The predicted octanol–water partition coefficient (Wildman–Crippen LogP) is 1.70. The van der Waals surface area contributed by atoms with Crippen molar-refractivity contribution < 1.29 is 14.7 Å². The minimum Gasteiger partial charge on any atom is -0.444 e. The third kappa shape index (κ3) is 1.05. The summed E-state index contributed by atoms with van der Waals surface area (Å²) in [5.74, 6) is 0. The molecule has 1 saturated heterocycles. The van der Waals surface area contributed by atoms with Gasteiger partial charge in [0, 0.05) is 6.42 Å². The molecule has 72 valence electrons. The molecule has 0 radical (unpaired) electrons. The van der Waals surface area contributed by atoms with Crippen molar-refractivity contribution in [1.82, 2.24) is 5.06 Å². The first-order valence-electron chi connectivity index (χ1n) is 4.42. The lowest BCUT2D eigenvalue weighted by atomic mass is 9.77. The second-order valence-corrected chi connectivity index (χ2v) is 3.94. The van der Waals surface area contributed by atoms with Gasteiger partial charge in [-0.2, -0.15) is 5.06 Å². The van der Waals surface area contributed by atoms with Crippen LogP contribution in [0.3, 0.4) is 0 Å². The lowest BCUT2D eigenvalue weighted by Crippen LogP contribution is -2.58. The summed E-state index contributed by atoms with van der Waals surface area (Å²) in [5.41, 5.74) is 0.293. The lowest BCUT2D eigenvalue weighted by molar-refractivity contribution is -0.180. The second kappa shape index (κ2) is 2.48. The molecule has 4 nitrogen and oxygen atoms in total. The van der Waals surface area contributed by atoms with Crippen molar-refractivity contribution in [2.75, 3.05) is 0 Å². The summed E-state index contributed by atoms with van der Waals surface area (Å²) < 4.78 is 4.98. The number of hydrogen-bond acceptors (Lipinski definition) is 3. The fourth-order valence-corrected chi connectivity index (χ4v) is 2.03. The van der Waals surface area contributed by atoms with Crippen LogP contribution in [0.1, 0.15) is 26.2 Å². The van der Waals surface area contributed by atoms with E-state index in [1.54, 1.807) is 0 Å². The molecule has 1 aliphatic heterocycles. The molecule has 2 rings (SSSR count). The summed E-state index contributed by atoms with van der Waals surface area (Å²) in [6.45, 7) is 5.70. The fraction of sp³-hybridized carbons (Fsp3) is 0.667. The number of nitrogens with zero attached hydrogens (tertiary/aromatic N) is 1. The molecule has 2 aliphatic rings. The Balaban J connectivity index is 2.34. The Labute approximate surface area is 76.7 Å².